The van der Waals surface area contributed by atoms with Gasteiger partial charge in [0.15, 0.2) is 0 Å². The summed E-state index contributed by atoms with van der Waals surface area (Å²) in [5, 5.41) is 15.9. The highest BCUT2D eigenvalue weighted by Crippen LogP contribution is 2.29. The van der Waals surface area contributed by atoms with E-state index in [2.05, 4.69) is 10.6 Å². The van der Waals surface area contributed by atoms with E-state index in [0.717, 1.165) is 42.6 Å². The van der Waals surface area contributed by atoms with E-state index in [9.17, 15) is 19.5 Å². The minimum atomic E-state index is -0.581. The van der Waals surface area contributed by atoms with Crippen molar-refractivity contribution in [1.82, 2.24) is 10.6 Å². The van der Waals surface area contributed by atoms with Crippen molar-refractivity contribution in [2.75, 3.05) is 13.2 Å². The monoisotopic (exact) mass is 548 g/mol. The number of aliphatic hydroxyl groups is 1. The minimum Gasteiger partial charge on any atom is -0.489 e. The number of carbonyl (C=O) groups excluding carboxylic acids is 3. The third kappa shape index (κ3) is 8.95. The Morgan fingerprint density at radius 1 is 1.02 bits per heavy atom. The first-order valence-corrected chi connectivity index (χ1v) is 14.2. The summed E-state index contributed by atoms with van der Waals surface area (Å²) >= 11 is 0. The van der Waals surface area contributed by atoms with E-state index in [1.807, 2.05) is 66.7 Å². The number of aliphatic hydroxyl groups excluding tert-OH is 1. The fourth-order valence-corrected chi connectivity index (χ4v) is 5.29. The molecule has 1 aliphatic heterocycles. The normalized spacial score (nSPS) is 21.4. The van der Waals surface area contributed by atoms with Crippen LogP contribution in [0, 0.1) is 5.92 Å². The van der Waals surface area contributed by atoms with Gasteiger partial charge in [0.1, 0.15) is 19.0 Å². The number of carbonyl (C=O) groups is 3. The maximum atomic E-state index is 13.4. The molecule has 0 saturated heterocycles. The third-order valence-electron chi connectivity index (χ3n) is 7.62. The molecule has 1 heterocycles. The number of benzene rings is 2. The predicted molar refractivity (Wildman–Crippen MR) is 151 cm³/mol. The maximum absolute atomic E-state index is 13.4. The van der Waals surface area contributed by atoms with E-state index in [0.29, 0.717) is 25.9 Å². The second kappa shape index (κ2) is 14.7. The van der Waals surface area contributed by atoms with Gasteiger partial charge in [-0.3, -0.25) is 14.4 Å². The Bertz CT molecular complexity index is 1140. The van der Waals surface area contributed by atoms with Crippen LogP contribution in [0.2, 0.25) is 0 Å². The van der Waals surface area contributed by atoms with Gasteiger partial charge in [-0.2, -0.15) is 0 Å². The highest BCUT2D eigenvalue weighted by molar-refractivity contribution is 5.86. The van der Waals surface area contributed by atoms with Crippen molar-refractivity contribution >= 4 is 17.8 Å². The number of amides is 2. The van der Waals surface area contributed by atoms with Crippen LogP contribution in [-0.2, 0) is 32.1 Å². The molecule has 2 atom stereocenters. The van der Waals surface area contributed by atoms with Crippen LogP contribution in [-0.4, -0.2) is 47.7 Å². The molecule has 0 aromatic heterocycles. The van der Waals surface area contributed by atoms with Crippen molar-refractivity contribution in [3.63, 3.8) is 0 Å². The zero-order valence-corrected chi connectivity index (χ0v) is 23.0. The average molecular weight is 549 g/mol. The van der Waals surface area contributed by atoms with E-state index >= 15 is 0 Å². The standard InChI is InChI=1S/C32H40N2O6/c35-23-32(17-7-8-18-32)34-29(36)20-26-11-5-2-6-12-30(37)40-22-27(33-31(26)38)19-24-13-15-28(16-14-24)39-21-25-9-3-1-4-10-25/h1-5,9-10,13-16,26-27,35H,6-8,11-12,17-23H2,(H,33,38)(H,34,36)/t26-,27+/m1/s1. The molecule has 0 unspecified atom stereocenters. The number of nitrogens with one attached hydrogen (secondary N) is 2. The average Bonchev–Trinajstić information content (AvgIpc) is 3.43. The predicted octanol–water partition coefficient (Wildman–Crippen LogP) is 4.00. The molecular formula is C32H40N2O6. The van der Waals surface area contributed by atoms with Crippen LogP contribution >= 0.6 is 0 Å². The summed E-state index contributed by atoms with van der Waals surface area (Å²) in [5.74, 6) is -0.627. The SMILES string of the molecule is O=C(C[C@H]1CC=CCCC(=O)OC[C@H](Cc2ccc(OCc3ccccc3)cc2)NC1=O)NC1(CO)CCCC1. The number of rotatable bonds is 9. The Labute approximate surface area is 236 Å². The Morgan fingerprint density at radius 3 is 2.50 bits per heavy atom. The summed E-state index contributed by atoms with van der Waals surface area (Å²) in [6.45, 7) is 0.420. The third-order valence-corrected chi connectivity index (χ3v) is 7.62. The lowest BCUT2D eigenvalue weighted by molar-refractivity contribution is -0.145. The van der Waals surface area contributed by atoms with Gasteiger partial charge in [0.05, 0.1) is 24.1 Å². The van der Waals surface area contributed by atoms with E-state index in [-0.39, 0.29) is 43.8 Å². The number of ether oxygens (including phenoxy) is 2. The van der Waals surface area contributed by atoms with Crippen molar-refractivity contribution in [3.8, 4) is 5.75 Å². The van der Waals surface area contributed by atoms with Crippen molar-refractivity contribution in [1.29, 1.82) is 0 Å². The molecule has 4 rings (SSSR count). The summed E-state index contributed by atoms with van der Waals surface area (Å²) in [5.41, 5.74) is 1.46. The molecule has 2 aliphatic rings. The number of esters is 1. The first-order chi connectivity index (χ1) is 19.4. The fraction of sp³-hybridized carbons (Fsp3) is 0.469. The molecule has 3 N–H and O–H groups in total. The zero-order chi connectivity index (χ0) is 28.2. The molecule has 0 radical (unpaired) electrons. The molecule has 1 fully saturated rings. The van der Waals surface area contributed by atoms with Crippen LogP contribution in [0.3, 0.4) is 0 Å². The smallest absolute Gasteiger partial charge is 0.306 e. The van der Waals surface area contributed by atoms with Crippen molar-refractivity contribution < 1.29 is 29.0 Å². The van der Waals surface area contributed by atoms with E-state index in [4.69, 9.17) is 9.47 Å². The lowest BCUT2D eigenvalue weighted by Gasteiger charge is -2.29. The van der Waals surface area contributed by atoms with Gasteiger partial charge in [0, 0.05) is 12.8 Å². The van der Waals surface area contributed by atoms with Crippen LogP contribution in [0.15, 0.2) is 66.7 Å². The van der Waals surface area contributed by atoms with Gasteiger partial charge in [0.2, 0.25) is 11.8 Å². The molecule has 0 bridgehead atoms. The van der Waals surface area contributed by atoms with Crippen molar-refractivity contribution in [2.24, 2.45) is 5.92 Å². The van der Waals surface area contributed by atoms with Crippen molar-refractivity contribution in [2.45, 2.75) is 76.0 Å². The Morgan fingerprint density at radius 2 is 1.77 bits per heavy atom. The number of allylic oxidation sites excluding steroid dienone is 2. The van der Waals surface area contributed by atoms with Gasteiger partial charge in [-0.25, -0.2) is 0 Å². The fourth-order valence-electron chi connectivity index (χ4n) is 5.29. The molecular weight excluding hydrogens is 508 g/mol. The molecule has 1 saturated carbocycles. The van der Waals surface area contributed by atoms with Gasteiger partial charge < -0.3 is 25.2 Å². The highest BCUT2D eigenvalue weighted by Gasteiger charge is 2.35. The lowest BCUT2D eigenvalue weighted by Crippen LogP contribution is -2.50. The van der Waals surface area contributed by atoms with E-state index < -0.39 is 17.5 Å². The van der Waals surface area contributed by atoms with Gasteiger partial charge >= 0.3 is 5.97 Å². The van der Waals surface area contributed by atoms with E-state index in [1.54, 1.807) is 0 Å². The van der Waals surface area contributed by atoms with Gasteiger partial charge in [-0.05, 0) is 55.4 Å². The number of hydrogen-bond donors (Lipinski definition) is 3. The summed E-state index contributed by atoms with van der Waals surface area (Å²) in [7, 11) is 0. The molecule has 8 heteroatoms. The van der Waals surface area contributed by atoms with Crippen molar-refractivity contribution in [3.05, 3.63) is 77.9 Å². The van der Waals surface area contributed by atoms with Crippen LogP contribution in [0.5, 0.6) is 5.75 Å². The van der Waals surface area contributed by atoms with Gasteiger partial charge in [0.25, 0.3) is 0 Å². The topological polar surface area (TPSA) is 114 Å². The zero-order valence-electron chi connectivity index (χ0n) is 23.0. The van der Waals surface area contributed by atoms with Gasteiger partial charge in [-0.1, -0.05) is 67.5 Å². The molecule has 1 aliphatic carbocycles. The summed E-state index contributed by atoms with van der Waals surface area (Å²) in [6.07, 6.45) is 8.78. The second-order valence-electron chi connectivity index (χ2n) is 10.9. The molecule has 2 aromatic carbocycles. The molecule has 0 spiro atoms. The molecule has 2 amide bonds. The quantitative estimate of drug-likeness (QED) is 0.322. The Kier molecular flexibility index (Phi) is 10.7. The summed E-state index contributed by atoms with van der Waals surface area (Å²) in [4.78, 5) is 38.5. The van der Waals surface area contributed by atoms with E-state index in [1.165, 1.54) is 0 Å². The first kappa shape index (κ1) is 29.3. The summed E-state index contributed by atoms with van der Waals surface area (Å²) < 4.78 is 11.3. The molecule has 40 heavy (non-hydrogen) atoms. The molecule has 2 aromatic rings. The first-order valence-electron chi connectivity index (χ1n) is 14.2. The lowest BCUT2D eigenvalue weighted by atomic mass is 9.95. The van der Waals surface area contributed by atoms with Crippen LogP contribution in [0.25, 0.3) is 0 Å². The van der Waals surface area contributed by atoms with Crippen LogP contribution in [0.4, 0.5) is 0 Å². The van der Waals surface area contributed by atoms with Crippen LogP contribution < -0.4 is 15.4 Å². The maximum Gasteiger partial charge on any atom is 0.306 e. The minimum absolute atomic E-state index is 0.0257. The summed E-state index contributed by atoms with van der Waals surface area (Å²) in [6, 6.07) is 17.1. The molecule has 214 valence electrons. The molecule has 8 nitrogen and oxygen atoms in total. The highest BCUT2D eigenvalue weighted by atomic mass is 16.5. The Balaban J connectivity index is 1.39. The Hall–Kier alpha value is -3.65. The number of hydrogen-bond acceptors (Lipinski definition) is 6. The van der Waals surface area contributed by atoms with Gasteiger partial charge in [-0.15, -0.1) is 0 Å². The largest absolute Gasteiger partial charge is 0.489 e. The second-order valence-corrected chi connectivity index (χ2v) is 10.9. The number of cyclic esters (lactones) is 1. The van der Waals surface area contributed by atoms with Crippen LogP contribution in [0.1, 0.15) is 62.5 Å².